The molecule has 3 heterocycles. The normalized spacial score (nSPS) is 20.8. The fourth-order valence-electron chi connectivity index (χ4n) is 4.16. The Hall–Kier alpha value is -2.73. The number of aliphatic hydroxyl groups excluding tert-OH is 1. The molecule has 1 fully saturated rings. The van der Waals surface area contributed by atoms with Crippen LogP contribution in [0, 0.1) is 0 Å². The van der Waals surface area contributed by atoms with Gasteiger partial charge >= 0.3 is 0 Å². The quantitative estimate of drug-likeness (QED) is 0.612. The highest BCUT2D eigenvalue weighted by Gasteiger charge is 2.26. The van der Waals surface area contributed by atoms with Crippen molar-refractivity contribution in [1.82, 2.24) is 19.7 Å². The van der Waals surface area contributed by atoms with Gasteiger partial charge in [-0.05, 0) is 31.7 Å². The summed E-state index contributed by atoms with van der Waals surface area (Å²) in [5, 5.41) is 15.4. The van der Waals surface area contributed by atoms with E-state index in [4.69, 9.17) is 9.51 Å². The van der Waals surface area contributed by atoms with Crippen molar-refractivity contribution < 1.29 is 9.63 Å². The van der Waals surface area contributed by atoms with Crippen LogP contribution in [-0.2, 0) is 6.42 Å². The van der Waals surface area contributed by atoms with E-state index in [1.807, 2.05) is 30.5 Å². The van der Waals surface area contributed by atoms with E-state index in [2.05, 4.69) is 20.8 Å². The molecule has 1 aromatic carbocycles. The van der Waals surface area contributed by atoms with E-state index in [0.29, 0.717) is 6.42 Å². The minimum Gasteiger partial charge on any atom is -0.393 e. The molecule has 1 aliphatic carbocycles. The number of aliphatic hydroxyl groups is 1. The van der Waals surface area contributed by atoms with Crippen molar-refractivity contribution in [2.75, 3.05) is 0 Å². The summed E-state index contributed by atoms with van der Waals surface area (Å²) in [6.07, 6.45) is 7.50. The summed E-state index contributed by atoms with van der Waals surface area (Å²) in [7, 11) is 0. The first-order chi connectivity index (χ1) is 12.8. The minimum absolute atomic E-state index is 0.233. The third-order valence-electron chi connectivity index (χ3n) is 5.31. The van der Waals surface area contributed by atoms with Crippen LogP contribution in [-0.4, -0.2) is 30.9 Å². The molecular weight excluding hydrogens is 328 g/mol. The van der Waals surface area contributed by atoms with Gasteiger partial charge in [0.1, 0.15) is 17.6 Å². The van der Waals surface area contributed by atoms with Crippen LogP contribution in [0.15, 0.2) is 47.3 Å². The Morgan fingerprint density at radius 3 is 2.92 bits per heavy atom. The molecule has 1 N–H and O–H groups in total. The monoisotopic (exact) mass is 348 g/mol. The molecule has 4 aromatic rings. The molecule has 6 heteroatoms. The van der Waals surface area contributed by atoms with E-state index in [-0.39, 0.29) is 12.1 Å². The lowest BCUT2D eigenvalue weighted by Crippen LogP contribution is -2.24. The van der Waals surface area contributed by atoms with Crippen LogP contribution in [0.5, 0.6) is 0 Å². The summed E-state index contributed by atoms with van der Waals surface area (Å²) in [5.74, 6) is 0.950. The Morgan fingerprint density at radius 2 is 2.08 bits per heavy atom. The van der Waals surface area contributed by atoms with Crippen molar-refractivity contribution in [2.24, 2.45) is 0 Å². The van der Waals surface area contributed by atoms with Gasteiger partial charge in [0.25, 0.3) is 0 Å². The van der Waals surface area contributed by atoms with Crippen LogP contribution in [0.3, 0.4) is 0 Å². The molecule has 0 bridgehead atoms. The fourth-order valence-corrected chi connectivity index (χ4v) is 4.16. The van der Waals surface area contributed by atoms with Crippen molar-refractivity contribution in [3.63, 3.8) is 0 Å². The number of aromatic nitrogens is 4. The highest BCUT2D eigenvalue weighted by molar-refractivity contribution is 6.02. The molecule has 1 saturated carbocycles. The lowest BCUT2D eigenvalue weighted by Gasteiger charge is -2.29. The molecule has 0 amide bonds. The number of fused-ring (bicyclic) bond motifs is 3. The lowest BCUT2D eigenvalue weighted by molar-refractivity contribution is 0.104. The SMILES string of the molecule is O[C@H]1CCC[C@H](n2c(Cc3ccon3)nc3cnc4ccccc4c32)C1. The maximum atomic E-state index is 10.2. The average Bonchev–Trinajstić information content (AvgIpc) is 3.29. The van der Waals surface area contributed by atoms with E-state index in [0.717, 1.165) is 59.1 Å². The van der Waals surface area contributed by atoms with Crippen LogP contribution in [0.4, 0.5) is 0 Å². The number of rotatable bonds is 3. The molecule has 132 valence electrons. The number of para-hydroxylation sites is 1. The summed E-state index contributed by atoms with van der Waals surface area (Å²) < 4.78 is 7.31. The highest BCUT2D eigenvalue weighted by Crippen LogP contribution is 2.35. The topological polar surface area (TPSA) is 77.0 Å². The first-order valence-corrected chi connectivity index (χ1v) is 9.11. The predicted octanol–water partition coefficient (Wildman–Crippen LogP) is 3.64. The van der Waals surface area contributed by atoms with Crippen molar-refractivity contribution in [2.45, 2.75) is 44.2 Å². The van der Waals surface area contributed by atoms with E-state index in [9.17, 15) is 5.11 Å². The predicted molar refractivity (Wildman–Crippen MR) is 97.9 cm³/mol. The van der Waals surface area contributed by atoms with Gasteiger partial charge in [0.15, 0.2) is 0 Å². The number of hydrogen-bond acceptors (Lipinski definition) is 5. The molecule has 2 atom stereocenters. The average molecular weight is 348 g/mol. The summed E-state index contributed by atoms with van der Waals surface area (Å²) >= 11 is 0. The number of pyridine rings is 1. The van der Waals surface area contributed by atoms with E-state index >= 15 is 0 Å². The molecule has 5 rings (SSSR count). The Labute approximate surface area is 150 Å². The maximum Gasteiger partial charge on any atom is 0.124 e. The van der Waals surface area contributed by atoms with Crippen molar-refractivity contribution in [3.8, 4) is 0 Å². The molecule has 0 spiro atoms. The Bertz CT molecular complexity index is 1050. The third-order valence-corrected chi connectivity index (χ3v) is 5.31. The number of imidazole rings is 1. The van der Waals surface area contributed by atoms with Gasteiger partial charge in [0, 0.05) is 17.5 Å². The van der Waals surface area contributed by atoms with Crippen molar-refractivity contribution >= 4 is 21.9 Å². The number of nitrogens with zero attached hydrogens (tertiary/aromatic N) is 4. The van der Waals surface area contributed by atoms with Gasteiger partial charge in [0.2, 0.25) is 0 Å². The zero-order valence-electron chi connectivity index (χ0n) is 14.4. The molecular formula is C20H20N4O2. The summed E-state index contributed by atoms with van der Waals surface area (Å²) in [6.45, 7) is 0. The molecule has 3 aromatic heterocycles. The Morgan fingerprint density at radius 1 is 1.15 bits per heavy atom. The number of benzene rings is 1. The third kappa shape index (κ3) is 2.57. The second-order valence-corrected chi connectivity index (χ2v) is 7.05. The van der Waals surface area contributed by atoms with Gasteiger partial charge in [-0.1, -0.05) is 23.4 Å². The van der Waals surface area contributed by atoms with Crippen LogP contribution in [0.1, 0.15) is 43.2 Å². The zero-order valence-corrected chi connectivity index (χ0v) is 14.4. The highest BCUT2D eigenvalue weighted by atomic mass is 16.5. The van der Waals surface area contributed by atoms with Crippen LogP contribution >= 0.6 is 0 Å². The number of hydrogen-bond donors (Lipinski definition) is 1. The van der Waals surface area contributed by atoms with Crippen molar-refractivity contribution in [1.29, 1.82) is 0 Å². The van der Waals surface area contributed by atoms with E-state index < -0.39 is 0 Å². The lowest BCUT2D eigenvalue weighted by atomic mass is 9.92. The molecule has 1 aliphatic rings. The van der Waals surface area contributed by atoms with Gasteiger partial charge < -0.3 is 14.2 Å². The summed E-state index contributed by atoms with van der Waals surface area (Å²) in [5.41, 5.74) is 3.82. The molecule has 6 nitrogen and oxygen atoms in total. The first-order valence-electron chi connectivity index (χ1n) is 9.11. The van der Waals surface area contributed by atoms with Crippen LogP contribution in [0.2, 0.25) is 0 Å². The van der Waals surface area contributed by atoms with Crippen LogP contribution in [0.25, 0.3) is 21.9 Å². The summed E-state index contributed by atoms with van der Waals surface area (Å²) in [6, 6.07) is 10.3. The smallest absolute Gasteiger partial charge is 0.124 e. The molecule has 26 heavy (non-hydrogen) atoms. The second kappa shape index (κ2) is 6.21. The van der Waals surface area contributed by atoms with E-state index in [1.54, 1.807) is 6.26 Å². The second-order valence-electron chi connectivity index (χ2n) is 7.05. The molecule has 0 radical (unpaired) electrons. The van der Waals surface area contributed by atoms with Gasteiger partial charge in [-0.15, -0.1) is 0 Å². The Balaban J connectivity index is 1.74. The van der Waals surface area contributed by atoms with Gasteiger partial charge in [0.05, 0.1) is 35.4 Å². The van der Waals surface area contributed by atoms with Gasteiger partial charge in [-0.25, -0.2) is 4.98 Å². The minimum atomic E-state index is -0.251. The largest absolute Gasteiger partial charge is 0.393 e. The first kappa shape index (κ1) is 15.5. The fraction of sp³-hybridized carbons (Fsp3) is 0.350. The zero-order chi connectivity index (χ0) is 17.5. The van der Waals surface area contributed by atoms with Gasteiger partial charge in [-0.3, -0.25) is 4.98 Å². The van der Waals surface area contributed by atoms with Crippen LogP contribution < -0.4 is 0 Å². The standard InChI is InChI=1S/C20H20N4O2/c25-15-5-3-4-14(11-15)24-19(10-13-8-9-26-23-13)22-18-12-21-17-7-2-1-6-16(17)20(18)24/h1-2,6-9,12,14-15,25H,3-5,10-11H2/t14-,15-/m0/s1. The molecule has 0 saturated heterocycles. The molecule has 0 aliphatic heterocycles. The van der Waals surface area contributed by atoms with E-state index in [1.165, 1.54) is 0 Å². The summed E-state index contributed by atoms with van der Waals surface area (Å²) in [4.78, 5) is 9.44. The molecule has 0 unspecified atom stereocenters. The van der Waals surface area contributed by atoms with Gasteiger partial charge in [-0.2, -0.15) is 0 Å². The maximum absolute atomic E-state index is 10.2. The Kier molecular flexibility index (Phi) is 3.71. The van der Waals surface area contributed by atoms with Crippen molar-refractivity contribution in [3.05, 3.63) is 54.3 Å².